The van der Waals surface area contributed by atoms with Crippen molar-refractivity contribution in [1.82, 2.24) is 15.2 Å². The first kappa shape index (κ1) is 16.5. The van der Waals surface area contributed by atoms with Crippen LogP contribution in [0.5, 0.6) is 0 Å². The molecule has 1 amide bonds. The highest BCUT2D eigenvalue weighted by atomic mass is 16.1. The lowest BCUT2D eigenvalue weighted by atomic mass is 10.1. The summed E-state index contributed by atoms with van der Waals surface area (Å²) in [5.41, 5.74) is 7.60. The highest BCUT2D eigenvalue weighted by Crippen LogP contribution is 2.17. The third-order valence-electron chi connectivity index (χ3n) is 3.99. The molecule has 120 valence electrons. The van der Waals surface area contributed by atoms with Crippen LogP contribution in [0.3, 0.4) is 0 Å². The van der Waals surface area contributed by atoms with E-state index < -0.39 is 0 Å². The van der Waals surface area contributed by atoms with E-state index in [-0.39, 0.29) is 5.91 Å². The fraction of sp³-hybridized carbons (Fsp3) is 0.529. The van der Waals surface area contributed by atoms with Gasteiger partial charge in [0, 0.05) is 31.4 Å². The Morgan fingerprint density at radius 3 is 3.14 bits per heavy atom. The second-order valence-electron chi connectivity index (χ2n) is 6.03. The standard InChI is InChI=1S/C17H26N4O/c1-3-4-13(2)11-21-8-6-14(12-21)10-20-17(22)15-5-7-19-16(18)9-15/h4-5,7,9,14H,3,6,8,10-12H2,1-2H3,(H2,18,19)(H,20,22)/b13-4+/t14-/m1/s1. The molecule has 0 aromatic carbocycles. The van der Waals surface area contributed by atoms with Gasteiger partial charge in [-0.1, -0.05) is 18.6 Å². The summed E-state index contributed by atoms with van der Waals surface area (Å²) in [6.07, 6.45) is 6.07. The number of pyridine rings is 1. The smallest absolute Gasteiger partial charge is 0.251 e. The first-order chi connectivity index (χ1) is 10.6. The number of nitrogens with two attached hydrogens (primary N) is 1. The minimum atomic E-state index is -0.0744. The van der Waals surface area contributed by atoms with E-state index in [4.69, 9.17) is 5.73 Å². The van der Waals surface area contributed by atoms with Crippen LogP contribution in [0, 0.1) is 5.92 Å². The Labute approximate surface area is 132 Å². The number of anilines is 1. The molecule has 1 fully saturated rings. The van der Waals surface area contributed by atoms with E-state index in [9.17, 15) is 4.79 Å². The van der Waals surface area contributed by atoms with E-state index in [1.807, 2.05) is 0 Å². The molecule has 1 saturated heterocycles. The maximum absolute atomic E-state index is 12.1. The number of likely N-dealkylation sites (tertiary alicyclic amines) is 1. The zero-order chi connectivity index (χ0) is 15.9. The van der Waals surface area contributed by atoms with Crippen LogP contribution in [0.15, 0.2) is 30.0 Å². The Bertz CT molecular complexity index is 541. The van der Waals surface area contributed by atoms with E-state index in [2.05, 4.69) is 35.1 Å². The number of nitrogens with one attached hydrogen (secondary N) is 1. The molecule has 0 saturated carbocycles. The fourth-order valence-corrected chi connectivity index (χ4v) is 2.92. The number of carbonyl (C=O) groups excluding carboxylic acids is 1. The molecule has 0 radical (unpaired) electrons. The van der Waals surface area contributed by atoms with Gasteiger partial charge in [-0.15, -0.1) is 0 Å². The summed E-state index contributed by atoms with van der Waals surface area (Å²) in [5, 5.41) is 3.00. The quantitative estimate of drug-likeness (QED) is 0.789. The van der Waals surface area contributed by atoms with Crippen molar-refractivity contribution in [2.24, 2.45) is 5.92 Å². The molecular weight excluding hydrogens is 276 g/mol. The third-order valence-corrected chi connectivity index (χ3v) is 3.99. The molecule has 0 spiro atoms. The summed E-state index contributed by atoms with van der Waals surface area (Å²) in [5.74, 6) is 0.824. The minimum Gasteiger partial charge on any atom is -0.384 e. The predicted molar refractivity (Wildman–Crippen MR) is 89.6 cm³/mol. The van der Waals surface area contributed by atoms with Gasteiger partial charge < -0.3 is 11.1 Å². The SMILES string of the molecule is CC/C=C(\C)CN1CC[C@H](CNC(=O)c2ccnc(N)c2)C1. The number of nitrogen functional groups attached to an aromatic ring is 1. The van der Waals surface area contributed by atoms with Crippen LogP contribution in [0.2, 0.25) is 0 Å². The molecule has 2 rings (SSSR count). The van der Waals surface area contributed by atoms with E-state index in [0.717, 1.165) is 32.5 Å². The Hall–Kier alpha value is -1.88. The van der Waals surface area contributed by atoms with Crippen molar-refractivity contribution in [3.63, 3.8) is 0 Å². The van der Waals surface area contributed by atoms with Gasteiger partial charge in [-0.3, -0.25) is 9.69 Å². The van der Waals surface area contributed by atoms with E-state index in [0.29, 0.717) is 23.8 Å². The zero-order valence-corrected chi connectivity index (χ0v) is 13.5. The normalized spacial score (nSPS) is 19.4. The van der Waals surface area contributed by atoms with Gasteiger partial charge in [-0.05, 0) is 44.4 Å². The third kappa shape index (κ3) is 4.84. The van der Waals surface area contributed by atoms with Gasteiger partial charge >= 0.3 is 0 Å². The molecule has 0 unspecified atom stereocenters. The van der Waals surface area contributed by atoms with Crippen LogP contribution in [0.4, 0.5) is 5.82 Å². The van der Waals surface area contributed by atoms with Gasteiger partial charge in [0.25, 0.3) is 5.91 Å². The van der Waals surface area contributed by atoms with Crippen LogP contribution >= 0.6 is 0 Å². The molecule has 1 aromatic rings. The van der Waals surface area contributed by atoms with Crippen LogP contribution in [-0.2, 0) is 0 Å². The van der Waals surface area contributed by atoms with Gasteiger partial charge in [-0.2, -0.15) is 0 Å². The summed E-state index contributed by atoms with van der Waals surface area (Å²) < 4.78 is 0. The molecule has 5 heteroatoms. The van der Waals surface area contributed by atoms with Crippen molar-refractivity contribution >= 4 is 11.7 Å². The highest BCUT2D eigenvalue weighted by Gasteiger charge is 2.22. The number of amides is 1. The summed E-state index contributed by atoms with van der Waals surface area (Å²) in [4.78, 5) is 18.4. The molecular formula is C17H26N4O. The number of allylic oxidation sites excluding steroid dienone is 1. The predicted octanol–water partition coefficient (Wildman–Crippen LogP) is 2.07. The molecule has 0 bridgehead atoms. The molecule has 1 aliphatic rings. The minimum absolute atomic E-state index is 0.0744. The van der Waals surface area contributed by atoms with Gasteiger partial charge in [-0.25, -0.2) is 4.98 Å². The van der Waals surface area contributed by atoms with Crippen molar-refractivity contribution in [3.05, 3.63) is 35.5 Å². The molecule has 2 heterocycles. The Morgan fingerprint density at radius 1 is 1.59 bits per heavy atom. The van der Waals surface area contributed by atoms with E-state index >= 15 is 0 Å². The maximum atomic E-state index is 12.1. The van der Waals surface area contributed by atoms with Crippen LogP contribution < -0.4 is 11.1 Å². The van der Waals surface area contributed by atoms with Gasteiger partial charge in [0.15, 0.2) is 0 Å². The monoisotopic (exact) mass is 302 g/mol. The van der Waals surface area contributed by atoms with Gasteiger partial charge in [0.1, 0.15) is 5.82 Å². The van der Waals surface area contributed by atoms with Crippen molar-refractivity contribution in [2.75, 3.05) is 31.9 Å². The number of hydrogen-bond donors (Lipinski definition) is 2. The Kier molecular flexibility index (Phi) is 5.95. The molecule has 1 atom stereocenters. The largest absolute Gasteiger partial charge is 0.384 e. The lowest BCUT2D eigenvalue weighted by Crippen LogP contribution is -2.31. The van der Waals surface area contributed by atoms with Crippen molar-refractivity contribution in [2.45, 2.75) is 26.7 Å². The van der Waals surface area contributed by atoms with Crippen LogP contribution in [0.25, 0.3) is 0 Å². The van der Waals surface area contributed by atoms with Crippen molar-refractivity contribution < 1.29 is 4.79 Å². The average Bonchev–Trinajstić information content (AvgIpc) is 2.92. The van der Waals surface area contributed by atoms with Gasteiger partial charge in [0.2, 0.25) is 0 Å². The molecule has 3 N–H and O–H groups in total. The molecule has 22 heavy (non-hydrogen) atoms. The van der Waals surface area contributed by atoms with Gasteiger partial charge in [0.05, 0.1) is 0 Å². The number of carbonyl (C=O) groups is 1. The number of hydrogen-bond acceptors (Lipinski definition) is 4. The molecule has 0 aliphatic carbocycles. The second kappa shape index (κ2) is 7.94. The molecule has 5 nitrogen and oxygen atoms in total. The number of nitrogens with zero attached hydrogens (tertiary/aromatic N) is 2. The maximum Gasteiger partial charge on any atom is 0.251 e. The average molecular weight is 302 g/mol. The fourth-order valence-electron chi connectivity index (χ4n) is 2.92. The lowest BCUT2D eigenvalue weighted by Gasteiger charge is -2.16. The molecule has 1 aliphatic heterocycles. The number of aromatic nitrogens is 1. The first-order valence-electron chi connectivity index (χ1n) is 7.96. The Morgan fingerprint density at radius 2 is 2.41 bits per heavy atom. The summed E-state index contributed by atoms with van der Waals surface area (Å²) in [7, 11) is 0. The summed E-state index contributed by atoms with van der Waals surface area (Å²) in [6, 6.07) is 3.29. The van der Waals surface area contributed by atoms with Crippen molar-refractivity contribution in [1.29, 1.82) is 0 Å². The molecule has 1 aromatic heterocycles. The highest BCUT2D eigenvalue weighted by molar-refractivity contribution is 5.94. The topological polar surface area (TPSA) is 71.2 Å². The first-order valence-corrected chi connectivity index (χ1v) is 7.96. The summed E-state index contributed by atoms with van der Waals surface area (Å²) >= 11 is 0. The second-order valence-corrected chi connectivity index (χ2v) is 6.03. The van der Waals surface area contributed by atoms with Crippen LogP contribution in [-0.4, -0.2) is 42.0 Å². The van der Waals surface area contributed by atoms with E-state index in [1.165, 1.54) is 5.57 Å². The van der Waals surface area contributed by atoms with Crippen LogP contribution in [0.1, 0.15) is 37.0 Å². The zero-order valence-electron chi connectivity index (χ0n) is 13.5. The lowest BCUT2D eigenvalue weighted by molar-refractivity contribution is 0.0947. The van der Waals surface area contributed by atoms with E-state index in [1.54, 1.807) is 18.3 Å². The summed E-state index contributed by atoms with van der Waals surface area (Å²) in [6.45, 7) is 8.27. The Balaban J connectivity index is 1.76. The number of rotatable bonds is 6. The van der Waals surface area contributed by atoms with Crippen molar-refractivity contribution in [3.8, 4) is 0 Å².